The van der Waals surface area contributed by atoms with Crippen LogP contribution in [0.5, 0.6) is 17.2 Å². The van der Waals surface area contributed by atoms with Crippen LogP contribution in [0.4, 0.5) is 0 Å². The molecule has 8 heteroatoms. The molecule has 0 atom stereocenters. The molecule has 0 radical (unpaired) electrons. The number of hydrogen-bond acceptors (Lipinski definition) is 8. The fourth-order valence-electron chi connectivity index (χ4n) is 3.81. The SMILES string of the molecule is COc1cccc(C(=O)Oc2ccc3c(-c4cc5cccc(OC)c5oc4=O)cc(=O)oc3c2)c1. The van der Waals surface area contributed by atoms with E-state index in [1.807, 2.05) is 0 Å². The number of ether oxygens (including phenoxy) is 3. The van der Waals surface area contributed by atoms with E-state index in [0.717, 1.165) is 0 Å². The molecule has 35 heavy (non-hydrogen) atoms. The van der Waals surface area contributed by atoms with E-state index in [2.05, 4.69) is 0 Å². The number of benzene rings is 3. The Labute approximate surface area is 197 Å². The first-order valence-corrected chi connectivity index (χ1v) is 10.5. The lowest BCUT2D eigenvalue weighted by Crippen LogP contribution is -2.09. The lowest BCUT2D eigenvalue weighted by molar-refractivity contribution is 0.0734. The van der Waals surface area contributed by atoms with Gasteiger partial charge in [-0.2, -0.15) is 0 Å². The van der Waals surface area contributed by atoms with Gasteiger partial charge in [0.15, 0.2) is 11.3 Å². The maximum absolute atomic E-state index is 12.8. The summed E-state index contributed by atoms with van der Waals surface area (Å²) in [5, 5.41) is 1.10. The second kappa shape index (κ2) is 8.83. The molecular weight excluding hydrogens is 452 g/mol. The summed E-state index contributed by atoms with van der Waals surface area (Å²) in [7, 11) is 2.98. The van der Waals surface area contributed by atoms with Crippen LogP contribution in [0.1, 0.15) is 10.4 Å². The molecule has 2 heterocycles. The van der Waals surface area contributed by atoms with Crippen molar-refractivity contribution in [3.8, 4) is 28.4 Å². The minimum atomic E-state index is -0.672. The summed E-state index contributed by atoms with van der Waals surface area (Å²) in [5.41, 5.74) is -0.0401. The van der Waals surface area contributed by atoms with Crippen molar-refractivity contribution >= 4 is 27.9 Å². The molecule has 0 bridgehead atoms. The Morgan fingerprint density at radius 3 is 2.40 bits per heavy atom. The molecule has 174 valence electrons. The molecule has 5 rings (SSSR count). The zero-order valence-electron chi connectivity index (χ0n) is 18.7. The quantitative estimate of drug-likeness (QED) is 0.205. The van der Waals surface area contributed by atoms with Gasteiger partial charge in [-0.1, -0.05) is 18.2 Å². The van der Waals surface area contributed by atoms with Gasteiger partial charge in [0.2, 0.25) is 0 Å². The summed E-state index contributed by atoms with van der Waals surface area (Å²) in [6.45, 7) is 0. The van der Waals surface area contributed by atoms with Crippen molar-refractivity contribution < 1.29 is 27.8 Å². The molecule has 0 unspecified atom stereocenters. The third-order valence-corrected chi connectivity index (χ3v) is 5.47. The van der Waals surface area contributed by atoms with Crippen LogP contribution in [0, 0.1) is 0 Å². The van der Waals surface area contributed by atoms with Crippen LogP contribution < -0.4 is 25.5 Å². The smallest absolute Gasteiger partial charge is 0.344 e. The van der Waals surface area contributed by atoms with Crippen LogP contribution in [-0.2, 0) is 0 Å². The first-order chi connectivity index (χ1) is 17.0. The van der Waals surface area contributed by atoms with Crippen molar-refractivity contribution in [2.75, 3.05) is 14.2 Å². The molecule has 0 aliphatic heterocycles. The normalized spacial score (nSPS) is 10.9. The summed E-state index contributed by atoms with van der Waals surface area (Å²) < 4.78 is 26.7. The van der Waals surface area contributed by atoms with E-state index in [4.69, 9.17) is 23.0 Å². The number of methoxy groups -OCH3 is 2. The monoisotopic (exact) mass is 470 g/mol. The van der Waals surface area contributed by atoms with Gasteiger partial charge in [-0.3, -0.25) is 0 Å². The molecule has 0 aliphatic rings. The molecular formula is C27H18O8. The third kappa shape index (κ3) is 4.13. The molecule has 8 nitrogen and oxygen atoms in total. The van der Waals surface area contributed by atoms with Crippen LogP contribution in [0.3, 0.4) is 0 Å². The summed E-state index contributed by atoms with van der Waals surface area (Å²) >= 11 is 0. The van der Waals surface area contributed by atoms with Gasteiger partial charge in [-0.15, -0.1) is 0 Å². The van der Waals surface area contributed by atoms with E-state index in [9.17, 15) is 14.4 Å². The largest absolute Gasteiger partial charge is 0.497 e. The highest BCUT2D eigenvalue weighted by atomic mass is 16.5. The summed E-state index contributed by atoms with van der Waals surface area (Å²) in [6.07, 6.45) is 0. The van der Waals surface area contributed by atoms with Crippen LogP contribution in [-0.4, -0.2) is 20.2 Å². The zero-order chi connectivity index (χ0) is 24.5. The number of hydrogen-bond donors (Lipinski definition) is 0. The molecule has 5 aromatic rings. The Morgan fingerprint density at radius 2 is 1.60 bits per heavy atom. The summed E-state index contributed by atoms with van der Waals surface area (Å²) in [5.74, 6) is 0.498. The lowest BCUT2D eigenvalue weighted by atomic mass is 10.0. The topological polar surface area (TPSA) is 105 Å². The summed E-state index contributed by atoms with van der Waals surface area (Å²) in [4.78, 5) is 37.7. The molecule has 3 aromatic carbocycles. The number of para-hydroxylation sites is 1. The summed E-state index contributed by atoms with van der Waals surface area (Å²) in [6, 6.07) is 19.2. The van der Waals surface area contributed by atoms with Crippen molar-refractivity contribution in [2.45, 2.75) is 0 Å². The van der Waals surface area contributed by atoms with Crippen LogP contribution >= 0.6 is 0 Å². The Kier molecular flexibility index (Phi) is 5.54. The lowest BCUT2D eigenvalue weighted by Gasteiger charge is -2.09. The number of carbonyl (C=O) groups excluding carboxylic acids is 1. The highest BCUT2D eigenvalue weighted by molar-refractivity contribution is 5.97. The van der Waals surface area contributed by atoms with E-state index in [1.54, 1.807) is 60.7 Å². The molecule has 0 saturated carbocycles. The Balaban J connectivity index is 1.57. The van der Waals surface area contributed by atoms with Gasteiger partial charge >= 0.3 is 17.2 Å². The van der Waals surface area contributed by atoms with Crippen molar-refractivity contribution in [1.29, 1.82) is 0 Å². The minimum Gasteiger partial charge on any atom is -0.497 e. The highest BCUT2D eigenvalue weighted by Gasteiger charge is 2.17. The number of carbonyl (C=O) groups is 1. The highest BCUT2D eigenvalue weighted by Crippen LogP contribution is 2.32. The predicted octanol–water partition coefficient (Wildman–Crippen LogP) is 4.80. The van der Waals surface area contributed by atoms with Crippen molar-refractivity contribution in [3.63, 3.8) is 0 Å². The average Bonchev–Trinajstić information content (AvgIpc) is 2.87. The van der Waals surface area contributed by atoms with Crippen LogP contribution in [0.2, 0.25) is 0 Å². The second-order valence-corrected chi connectivity index (χ2v) is 7.58. The van der Waals surface area contributed by atoms with Crippen LogP contribution in [0.15, 0.2) is 91.2 Å². The van der Waals surface area contributed by atoms with Gasteiger partial charge in [0.25, 0.3) is 0 Å². The molecule has 2 aromatic heterocycles. The fourth-order valence-corrected chi connectivity index (χ4v) is 3.81. The standard InChI is InChI=1S/C27H18O8/c1-31-17-7-3-6-16(11-17)26(29)33-18-9-10-19-20(14-24(28)34-23(19)13-18)21-12-15-5-4-8-22(32-2)25(15)35-27(21)30/h3-14H,1-2H3. The Hall–Kier alpha value is -4.85. The second-order valence-electron chi connectivity index (χ2n) is 7.58. The van der Waals surface area contributed by atoms with E-state index in [0.29, 0.717) is 39.0 Å². The molecule has 0 N–H and O–H groups in total. The average molecular weight is 470 g/mol. The zero-order valence-corrected chi connectivity index (χ0v) is 18.7. The number of rotatable bonds is 5. The number of fused-ring (bicyclic) bond motifs is 2. The van der Waals surface area contributed by atoms with Gasteiger partial charge in [0.05, 0.1) is 25.3 Å². The molecule has 0 aliphatic carbocycles. The Morgan fingerprint density at radius 1 is 0.771 bits per heavy atom. The van der Waals surface area contributed by atoms with E-state index >= 15 is 0 Å². The first kappa shape index (κ1) is 22.0. The van der Waals surface area contributed by atoms with Crippen molar-refractivity contribution in [1.82, 2.24) is 0 Å². The van der Waals surface area contributed by atoms with Gasteiger partial charge < -0.3 is 23.0 Å². The molecule has 0 spiro atoms. The van der Waals surface area contributed by atoms with E-state index in [-0.39, 0.29) is 16.9 Å². The van der Waals surface area contributed by atoms with Crippen molar-refractivity contribution in [3.05, 3.63) is 99.2 Å². The first-order valence-electron chi connectivity index (χ1n) is 10.5. The molecule has 0 fully saturated rings. The molecule has 0 amide bonds. The maximum Gasteiger partial charge on any atom is 0.344 e. The van der Waals surface area contributed by atoms with Gasteiger partial charge in [0.1, 0.15) is 17.1 Å². The van der Waals surface area contributed by atoms with Gasteiger partial charge in [-0.05, 0) is 42.5 Å². The van der Waals surface area contributed by atoms with E-state index in [1.165, 1.54) is 26.4 Å². The molecule has 0 saturated heterocycles. The van der Waals surface area contributed by atoms with E-state index < -0.39 is 17.2 Å². The fraction of sp³-hybridized carbons (Fsp3) is 0.0741. The number of esters is 1. The van der Waals surface area contributed by atoms with Crippen LogP contribution in [0.25, 0.3) is 33.1 Å². The van der Waals surface area contributed by atoms with Gasteiger partial charge in [-0.25, -0.2) is 14.4 Å². The third-order valence-electron chi connectivity index (χ3n) is 5.47. The Bertz CT molecular complexity index is 1710. The van der Waals surface area contributed by atoms with Crippen molar-refractivity contribution in [2.24, 2.45) is 0 Å². The van der Waals surface area contributed by atoms with Gasteiger partial charge in [0, 0.05) is 28.5 Å². The minimum absolute atomic E-state index is 0.147. The maximum atomic E-state index is 12.8. The predicted molar refractivity (Wildman–Crippen MR) is 128 cm³/mol.